The van der Waals surface area contributed by atoms with Crippen LogP contribution in [0.5, 0.6) is 0 Å². The van der Waals surface area contributed by atoms with Crippen LogP contribution in [-0.4, -0.2) is 93.1 Å². The second-order valence-electron chi connectivity index (χ2n) is 16.8. The third kappa shape index (κ3) is 8.72. The van der Waals surface area contributed by atoms with E-state index in [-0.39, 0.29) is 35.7 Å². The SMILES string of the molecule is COC(=O)NC(C(=O)N1CCCC1c1ncc(C2CCC(C3CCC(c4cnc(C5CCCN5C(=O)C(NC(=O)OC)C(C)C)[nH]4)CC3)CC2)[nH]1)C(C)C. The number of ether oxygens (including phenoxy) is 2. The van der Waals surface area contributed by atoms with Gasteiger partial charge in [0, 0.05) is 48.7 Å². The van der Waals surface area contributed by atoms with Crippen molar-refractivity contribution in [2.24, 2.45) is 23.7 Å². The van der Waals surface area contributed by atoms with Crippen LogP contribution >= 0.6 is 0 Å². The Morgan fingerprint density at radius 3 is 1.33 bits per heavy atom. The van der Waals surface area contributed by atoms with E-state index in [0.29, 0.717) is 24.9 Å². The van der Waals surface area contributed by atoms with Gasteiger partial charge in [-0.15, -0.1) is 0 Å². The molecule has 298 valence electrons. The smallest absolute Gasteiger partial charge is 0.407 e. The number of aromatic nitrogens is 4. The predicted molar refractivity (Wildman–Crippen MR) is 202 cm³/mol. The molecule has 54 heavy (non-hydrogen) atoms. The maximum absolute atomic E-state index is 13.6. The minimum atomic E-state index is -0.642. The molecule has 4 amide bonds. The molecule has 4 N–H and O–H groups in total. The molecule has 2 saturated heterocycles. The van der Waals surface area contributed by atoms with Crippen molar-refractivity contribution in [2.45, 2.75) is 141 Å². The second kappa shape index (κ2) is 17.6. The van der Waals surface area contributed by atoms with Crippen LogP contribution in [-0.2, 0) is 19.1 Å². The van der Waals surface area contributed by atoms with Gasteiger partial charge < -0.3 is 39.9 Å². The van der Waals surface area contributed by atoms with E-state index in [1.54, 1.807) is 0 Å². The van der Waals surface area contributed by atoms with Gasteiger partial charge in [-0.3, -0.25) is 9.59 Å². The average Bonchev–Trinajstić information content (AvgIpc) is 4.02. The molecule has 0 bridgehead atoms. The highest BCUT2D eigenvalue weighted by Gasteiger charge is 2.40. The quantitative estimate of drug-likeness (QED) is 0.202. The second-order valence-corrected chi connectivity index (χ2v) is 16.8. The first kappa shape index (κ1) is 39.6. The van der Waals surface area contributed by atoms with Crippen LogP contribution in [0.4, 0.5) is 9.59 Å². The average molecular weight is 751 g/mol. The van der Waals surface area contributed by atoms with Crippen LogP contribution in [0.25, 0.3) is 0 Å². The zero-order valence-corrected chi connectivity index (χ0v) is 33.1. The Bertz CT molecular complexity index is 1470. The first-order valence-corrected chi connectivity index (χ1v) is 20.4. The van der Waals surface area contributed by atoms with E-state index in [1.807, 2.05) is 49.9 Å². The monoisotopic (exact) mass is 750 g/mol. The molecule has 14 nitrogen and oxygen atoms in total. The maximum Gasteiger partial charge on any atom is 0.407 e. The molecule has 2 aliphatic heterocycles. The number of aromatic amines is 2. The summed E-state index contributed by atoms with van der Waals surface area (Å²) in [5.41, 5.74) is 2.35. The van der Waals surface area contributed by atoms with Gasteiger partial charge >= 0.3 is 12.2 Å². The number of alkyl carbamates (subject to hydrolysis) is 2. The Morgan fingerprint density at radius 2 is 1.00 bits per heavy atom. The lowest BCUT2D eigenvalue weighted by Gasteiger charge is -2.37. The van der Waals surface area contributed by atoms with E-state index in [1.165, 1.54) is 51.3 Å². The standard InChI is InChI=1S/C40H62N8O6/c1-23(2)33(45-39(51)53-5)37(49)47-19-7-9-31(47)35-41-21-29(43-35)27-15-11-25(12-16-27)26-13-17-28(18-14-26)30-22-42-36(44-30)32-10-8-20-48(32)38(50)34(24(3)4)46-40(52)54-6/h21-28,31-34H,7-20H2,1-6H3,(H,41,43)(H,42,44)(H,45,51)(H,46,52). The summed E-state index contributed by atoms with van der Waals surface area (Å²) in [4.78, 5) is 71.6. The van der Waals surface area contributed by atoms with E-state index < -0.39 is 24.3 Å². The molecule has 2 aliphatic carbocycles. The van der Waals surface area contributed by atoms with Gasteiger partial charge in [0.1, 0.15) is 23.7 Å². The normalized spacial score (nSPS) is 27.2. The fourth-order valence-electron chi connectivity index (χ4n) is 9.65. The van der Waals surface area contributed by atoms with Gasteiger partial charge in [0.15, 0.2) is 0 Å². The summed E-state index contributed by atoms with van der Waals surface area (Å²) in [7, 11) is 2.62. The summed E-state index contributed by atoms with van der Waals surface area (Å²) < 4.78 is 9.55. The third-order valence-electron chi connectivity index (χ3n) is 12.8. The van der Waals surface area contributed by atoms with Crippen LogP contribution in [0, 0.1) is 23.7 Å². The number of likely N-dealkylation sites (tertiary alicyclic amines) is 2. The van der Waals surface area contributed by atoms with Gasteiger partial charge in [-0.1, -0.05) is 27.7 Å². The molecule has 14 heteroatoms. The Kier molecular flexibility index (Phi) is 12.9. The minimum absolute atomic E-state index is 0.0666. The maximum atomic E-state index is 13.6. The molecule has 0 aromatic carbocycles. The number of carbonyl (C=O) groups excluding carboxylic acids is 4. The number of nitrogens with zero attached hydrogens (tertiary/aromatic N) is 4. The molecule has 2 aromatic heterocycles. The molecular weight excluding hydrogens is 688 g/mol. The Morgan fingerprint density at radius 1 is 0.630 bits per heavy atom. The van der Waals surface area contributed by atoms with Crippen LogP contribution in [0.2, 0.25) is 0 Å². The highest BCUT2D eigenvalue weighted by molar-refractivity contribution is 5.87. The van der Waals surface area contributed by atoms with Gasteiger partial charge in [0.05, 0.1) is 26.3 Å². The molecule has 2 aromatic rings. The molecule has 4 fully saturated rings. The molecule has 4 aliphatic rings. The van der Waals surface area contributed by atoms with Gasteiger partial charge in [-0.2, -0.15) is 0 Å². The Balaban J connectivity index is 0.986. The molecular formula is C40H62N8O6. The molecule has 4 unspecified atom stereocenters. The van der Waals surface area contributed by atoms with E-state index >= 15 is 0 Å². The molecule has 4 atom stereocenters. The Hall–Kier alpha value is -4.10. The molecule has 2 saturated carbocycles. The summed E-state index contributed by atoms with van der Waals surface area (Å²) in [6, 6.07) is -1.51. The van der Waals surface area contributed by atoms with Crippen LogP contribution in [0.15, 0.2) is 12.4 Å². The fourth-order valence-corrected chi connectivity index (χ4v) is 9.65. The first-order valence-electron chi connectivity index (χ1n) is 20.4. The lowest BCUT2D eigenvalue weighted by Crippen LogP contribution is -2.51. The third-order valence-corrected chi connectivity index (χ3v) is 12.8. The topological polar surface area (TPSA) is 175 Å². The molecule has 6 rings (SSSR count). The van der Waals surface area contributed by atoms with E-state index in [0.717, 1.165) is 74.9 Å². The molecule has 0 spiro atoms. The zero-order chi connectivity index (χ0) is 38.5. The van der Waals surface area contributed by atoms with Crippen LogP contribution < -0.4 is 10.6 Å². The van der Waals surface area contributed by atoms with Gasteiger partial charge in [0.25, 0.3) is 0 Å². The van der Waals surface area contributed by atoms with Gasteiger partial charge in [-0.05, 0) is 101 Å². The number of carbonyl (C=O) groups is 4. The van der Waals surface area contributed by atoms with Crippen molar-refractivity contribution in [3.63, 3.8) is 0 Å². The van der Waals surface area contributed by atoms with Crippen LogP contribution in [0.3, 0.4) is 0 Å². The van der Waals surface area contributed by atoms with Crippen molar-refractivity contribution in [1.82, 2.24) is 40.4 Å². The molecule has 0 radical (unpaired) electrons. The van der Waals surface area contributed by atoms with Crippen molar-refractivity contribution in [3.05, 3.63) is 35.4 Å². The largest absolute Gasteiger partial charge is 0.453 e. The number of rotatable bonds is 11. The highest BCUT2D eigenvalue weighted by Crippen LogP contribution is 2.46. The summed E-state index contributed by atoms with van der Waals surface area (Å²) in [5, 5.41) is 5.46. The summed E-state index contributed by atoms with van der Waals surface area (Å²) in [6.07, 6.45) is 15.8. The van der Waals surface area contributed by atoms with Gasteiger partial charge in [0.2, 0.25) is 11.8 Å². The number of nitrogens with one attached hydrogen (secondary N) is 4. The first-order chi connectivity index (χ1) is 26.0. The van der Waals surface area contributed by atoms with Crippen molar-refractivity contribution >= 4 is 24.0 Å². The number of hydrogen-bond acceptors (Lipinski definition) is 8. The summed E-state index contributed by atoms with van der Waals surface area (Å²) in [5.74, 6) is 3.78. The van der Waals surface area contributed by atoms with E-state index in [2.05, 4.69) is 20.6 Å². The van der Waals surface area contributed by atoms with Crippen molar-refractivity contribution < 1.29 is 28.7 Å². The molecule has 4 heterocycles. The lowest BCUT2D eigenvalue weighted by atomic mass is 9.68. The number of methoxy groups -OCH3 is 2. The van der Waals surface area contributed by atoms with Gasteiger partial charge in [-0.25, -0.2) is 19.6 Å². The van der Waals surface area contributed by atoms with E-state index in [4.69, 9.17) is 19.4 Å². The van der Waals surface area contributed by atoms with E-state index in [9.17, 15) is 19.2 Å². The van der Waals surface area contributed by atoms with Crippen molar-refractivity contribution in [1.29, 1.82) is 0 Å². The van der Waals surface area contributed by atoms with Crippen molar-refractivity contribution in [2.75, 3.05) is 27.3 Å². The lowest BCUT2D eigenvalue weighted by molar-refractivity contribution is -0.136. The number of hydrogen-bond donors (Lipinski definition) is 4. The van der Waals surface area contributed by atoms with Crippen LogP contribution in [0.1, 0.15) is 152 Å². The minimum Gasteiger partial charge on any atom is -0.453 e. The summed E-state index contributed by atoms with van der Waals surface area (Å²) >= 11 is 0. The number of imidazole rings is 2. The Labute approximate surface area is 319 Å². The van der Waals surface area contributed by atoms with Crippen molar-refractivity contribution in [3.8, 4) is 0 Å². The zero-order valence-electron chi connectivity index (χ0n) is 33.1. The number of H-pyrrole nitrogens is 2. The predicted octanol–water partition coefficient (Wildman–Crippen LogP) is 6.47. The number of amides is 4. The summed E-state index contributed by atoms with van der Waals surface area (Å²) in [6.45, 7) is 9.02. The fraction of sp³-hybridized carbons (Fsp3) is 0.750. The highest BCUT2D eigenvalue weighted by atomic mass is 16.5.